The number of nitrogens with one attached hydrogen (secondary N) is 1. The van der Waals surface area contributed by atoms with Gasteiger partial charge in [-0.1, -0.05) is 283 Å². The average molecular weight is 1230 g/mol. The van der Waals surface area contributed by atoms with Gasteiger partial charge in [-0.25, -0.2) is 0 Å². The number of carbonyl (C=O) groups is 2. The Kier molecular flexibility index (Phi) is 62.2. The van der Waals surface area contributed by atoms with Crippen molar-refractivity contribution < 1.29 is 37.3 Å². The summed E-state index contributed by atoms with van der Waals surface area (Å²) in [6, 6.07) is -0.911. The van der Waals surface area contributed by atoms with Crippen LogP contribution in [0.2, 0.25) is 0 Å². The van der Waals surface area contributed by atoms with E-state index in [0.29, 0.717) is 23.9 Å². The second-order valence-corrected chi connectivity index (χ2v) is 26.1. The number of allylic oxidation sites excluding steroid dienone is 21. The first-order valence-corrected chi connectivity index (χ1v) is 37.0. The summed E-state index contributed by atoms with van der Waals surface area (Å²) in [7, 11) is 1.15. The van der Waals surface area contributed by atoms with Gasteiger partial charge >= 0.3 is 5.97 Å². The number of unbranched alkanes of at least 4 members (excludes halogenated alkanes) is 27. The molecule has 0 aromatic carbocycles. The highest BCUT2D eigenvalue weighted by atomic mass is 31.2. The lowest BCUT2D eigenvalue weighted by Crippen LogP contribution is -2.47. The van der Waals surface area contributed by atoms with Crippen molar-refractivity contribution in [2.75, 3.05) is 40.9 Å². The van der Waals surface area contributed by atoms with Crippen molar-refractivity contribution in [2.24, 2.45) is 0 Å². The number of likely N-dealkylation sites (N-methyl/N-ethyl adjacent to an activating group) is 1. The van der Waals surface area contributed by atoms with Gasteiger partial charge in [-0.05, 0) is 128 Å². The minimum atomic E-state index is -4.72. The summed E-state index contributed by atoms with van der Waals surface area (Å²) in [6.45, 7) is 6.68. The topological polar surface area (TPSA) is 114 Å². The van der Waals surface area contributed by atoms with E-state index in [1.54, 1.807) is 0 Å². The van der Waals surface area contributed by atoms with Crippen LogP contribution in [0.5, 0.6) is 0 Å². The molecule has 0 rings (SSSR count). The van der Waals surface area contributed by atoms with E-state index < -0.39 is 26.6 Å². The van der Waals surface area contributed by atoms with E-state index in [4.69, 9.17) is 13.8 Å². The van der Waals surface area contributed by atoms with E-state index in [9.17, 15) is 19.0 Å². The fraction of sp³-hybridized carbons (Fsp3) is 0.688. The number of ether oxygens (including phenoxy) is 1. The molecule has 0 fully saturated rings. The Morgan fingerprint density at radius 3 is 1.13 bits per heavy atom. The largest absolute Gasteiger partial charge is 0.756 e. The molecule has 0 bridgehead atoms. The Balaban J connectivity index is 5.09. The second-order valence-electron chi connectivity index (χ2n) is 24.6. The van der Waals surface area contributed by atoms with Gasteiger partial charge in [-0.15, -0.1) is 0 Å². The zero-order valence-electron chi connectivity index (χ0n) is 56.9. The van der Waals surface area contributed by atoms with Crippen LogP contribution in [0.4, 0.5) is 0 Å². The molecule has 9 nitrogen and oxygen atoms in total. The van der Waals surface area contributed by atoms with Crippen LogP contribution in [-0.2, 0) is 27.9 Å². The zero-order valence-corrected chi connectivity index (χ0v) is 57.8. The summed E-state index contributed by atoms with van der Waals surface area (Å²) in [4.78, 5) is 40.2. The summed E-state index contributed by atoms with van der Waals surface area (Å²) < 4.78 is 30.4. The third kappa shape index (κ3) is 66.4. The van der Waals surface area contributed by atoms with Gasteiger partial charge in [-0.2, -0.15) is 0 Å². The molecular weight excluding hydrogens is 1100 g/mol. The molecule has 0 heterocycles. The monoisotopic (exact) mass is 1230 g/mol. The number of hydrogen-bond acceptors (Lipinski definition) is 7. The normalized spacial score (nSPS) is 14.3. The molecule has 1 amide bonds. The molecule has 3 atom stereocenters. The SMILES string of the molecule is CC/C=C\C/C=C\C/C=C\C/C=C\C/C=C\C/C=C\CCCCCCC(=O)OC(/C=C\CCCCCCCCCCC)C(COP(=O)([O-])OCC[N+](C)(C)C)NC(=O)CCCCCCCCCCCCC/C=C\C/C=C\C/C=C\C/C=C\CCCCC. The van der Waals surface area contributed by atoms with Crippen molar-refractivity contribution >= 4 is 19.7 Å². The number of nitrogens with zero attached hydrogens (tertiary/aromatic N) is 1. The van der Waals surface area contributed by atoms with Gasteiger partial charge < -0.3 is 28.5 Å². The Bertz CT molecular complexity index is 1950. The molecule has 1 N–H and O–H groups in total. The molecule has 87 heavy (non-hydrogen) atoms. The molecule has 0 aromatic heterocycles. The number of amides is 1. The molecule has 0 aliphatic heterocycles. The number of carbonyl (C=O) groups excluding carboxylic acids is 2. The van der Waals surface area contributed by atoms with Crippen LogP contribution < -0.4 is 10.2 Å². The average Bonchev–Trinajstić information content (AvgIpc) is 3.70. The minimum absolute atomic E-state index is 0.0341. The zero-order chi connectivity index (χ0) is 63.5. The van der Waals surface area contributed by atoms with E-state index in [0.717, 1.165) is 135 Å². The number of esters is 1. The van der Waals surface area contributed by atoms with Crippen LogP contribution in [0.1, 0.15) is 290 Å². The van der Waals surface area contributed by atoms with Crippen molar-refractivity contribution in [3.63, 3.8) is 0 Å². The molecule has 10 heteroatoms. The van der Waals surface area contributed by atoms with E-state index in [1.807, 2.05) is 33.3 Å². The fourth-order valence-electron chi connectivity index (χ4n) is 9.63. The number of phosphoric acid groups is 1. The quantitative estimate of drug-likeness (QED) is 0.0212. The molecule has 0 aromatic rings. The molecule has 0 radical (unpaired) electrons. The molecular formula is C77H133N2O7P. The Labute approximate surface area is 536 Å². The van der Waals surface area contributed by atoms with Crippen LogP contribution in [0, 0.1) is 0 Å². The van der Waals surface area contributed by atoms with Crippen molar-refractivity contribution in [1.29, 1.82) is 0 Å². The lowest BCUT2D eigenvalue weighted by Gasteiger charge is -2.30. The minimum Gasteiger partial charge on any atom is -0.756 e. The Morgan fingerprint density at radius 1 is 0.414 bits per heavy atom. The van der Waals surface area contributed by atoms with E-state index in [2.05, 4.69) is 148 Å². The highest BCUT2D eigenvalue weighted by molar-refractivity contribution is 7.45. The summed E-state index contributed by atoms with van der Waals surface area (Å²) in [5.41, 5.74) is 0. The highest BCUT2D eigenvalue weighted by Gasteiger charge is 2.27. The molecule has 0 aliphatic carbocycles. The van der Waals surface area contributed by atoms with Crippen molar-refractivity contribution in [3.8, 4) is 0 Å². The van der Waals surface area contributed by atoms with E-state index >= 15 is 0 Å². The van der Waals surface area contributed by atoms with E-state index in [-0.39, 0.29) is 24.9 Å². The number of phosphoric ester groups is 1. The maximum absolute atomic E-state index is 13.6. The fourth-order valence-corrected chi connectivity index (χ4v) is 10.3. The van der Waals surface area contributed by atoms with Crippen molar-refractivity contribution in [3.05, 3.63) is 134 Å². The predicted octanol–water partition coefficient (Wildman–Crippen LogP) is 22.2. The number of quaternary nitrogens is 1. The van der Waals surface area contributed by atoms with Gasteiger partial charge in [0, 0.05) is 12.8 Å². The number of rotatable bonds is 63. The Morgan fingerprint density at radius 2 is 0.736 bits per heavy atom. The lowest BCUT2D eigenvalue weighted by molar-refractivity contribution is -0.870. The summed E-state index contributed by atoms with van der Waals surface area (Å²) in [6.07, 6.45) is 92.9. The first kappa shape index (κ1) is 83.2. The van der Waals surface area contributed by atoms with Crippen LogP contribution in [0.15, 0.2) is 134 Å². The third-order valence-corrected chi connectivity index (χ3v) is 16.0. The standard InChI is InChI=1S/C77H133N2O7P/c1-7-10-13-16-19-22-25-27-29-31-33-35-37-38-39-40-42-43-45-47-49-51-54-57-60-63-66-69-76(80)78-74(73-85-87(82,83)84-72-71-79(4,5)6)75(68-65-62-59-56-53-24-21-18-15-12-9-3)86-77(81)70-67-64-61-58-55-52-50-48-46-44-41-36-34-32-30-28-26-23-20-17-14-11-8-2/h11,14,19-20,22-23,27-30,33-36,38-39,44,46,50,52,65,68,74-75H,7-10,12-13,15-18,21,24-26,31-32,37,40-43,45,47-49,51,53-64,66-67,69-73H2,1-6H3,(H-,78,80,82,83)/b14-11-,22-19-,23-20-,29-27-,30-28-,35-33-,36-34-,39-38-,46-44-,52-50-,68-65-. The summed E-state index contributed by atoms with van der Waals surface area (Å²) in [5, 5.41) is 3.03. The highest BCUT2D eigenvalue weighted by Crippen LogP contribution is 2.38. The third-order valence-electron chi connectivity index (χ3n) is 15.1. The van der Waals surface area contributed by atoms with Crippen molar-refractivity contribution in [1.82, 2.24) is 5.32 Å². The van der Waals surface area contributed by atoms with Gasteiger partial charge in [-0.3, -0.25) is 14.2 Å². The molecule has 0 saturated heterocycles. The van der Waals surface area contributed by atoms with Crippen LogP contribution >= 0.6 is 7.82 Å². The first-order chi connectivity index (χ1) is 42.4. The maximum Gasteiger partial charge on any atom is 0.306 e. The van der Waals surface area contributed by atoms with Crippen LogP contribution in [-0.4, -0.2) is 69.4 Å². The second kappa shape index (κ2) is 65.1. The summed E-state index contributed by atoms with van der Waals surface area (Å²) in [5.74, 6) is -0.579. The van der Waals surface area contributed by atoms with Crippen LogP contribution in [0.25, 0.3) is 0 Å². The molecule has 0 saturated carbocycles. The number of hydrogen-bond donors (Lipinski definition) is 1. The molecule has 0 aliphatic rings. The van der Waals surface area contributed by atoms with Gasteiger partial charge in [0.05, 0.1) is 33.8 Å². The van der Waals surface area contributed by atoms with Crippen LogP contribution in [0.3, 0.4) is 0 Å². The summed E-state index contributed by atoms with van der Waals surface area (Å²) >= 11 is 0. The molecule has 0 spiro atoms. The van der Waals surface area contributed by atoms with Gasteiger partial charge in [0.2, 0.25) is 5.91 Å². The van der Waals surface area contributed by atoms with E-state index in [1.165, 1.54) is 116 Å². The van der Waals surface area contributed by atoms with Gasteiger partial charge in [0.25, 0.3) is 7.82 Å². The maximum atomic E-state index is 13.6. The van der Waals surface area contributed by atoms with Gasteiger partial charge in [0.1, 0.15) is 19.3 Å². The van der Waals surface area contributed by atoms with Gasteiger partial charge in [0.15, 0.2) is 0 Å². The smallest absolute Gasteiger partial charge is 0.306 e. The predicted molar refractivity (Wildman–Crippen MR) is 376 cm³/mol. The lowest BCUT2D eigenvalue weighted by atomic mass is 10.0. The molecule has 498 valence electrons. The first-order valence-electron chi connectivity index (χ1n) is 35.5. The Hall–Kier alpha value is -3.85. The molecule has 3 unspecified atom stereocenters. The van der Waals surface area contributed by atoms with Crippen molar-refractivity contribution in [2.45, 2.75) is 303 Å².